The Hall–Kier alpha value is -1.90. The van der Waals surface area contributed by atoms with E-state index in [1.54, 1.807) is 23.6 Å². The minimum atomic E-state index is -3.49. The van der Waals surface area contributed by atoms with E-state index in [4.69, 9.17) is 4.74 Å². The van der Waals surface area contributed by atoms with Crippen molar-refractivity contribution < 1.29 is 17.9 Å². The molecule has 1 aromatic heterocycles. The van der Waals surface area contributed by atoms with Crippen LogP contribution in [0.2, 0.25) is 0 Å². The average molecular weight is 354 g/mol. The van der Waals surface area contributed by atoms with E-state index >= 15 is 0 Å². The summed E-state index contributed by atoms with van der Waals surface area (Å²) in [6, 6.07) is 10.6. The van der Waals surface area contributed by atoms with Gasteiger partial charge in [0.2, 0.25) is 10.0 Å². The Labute approximate surface area is 139 Å². The predicted octanol–water partition coefficient (Wildman–Crippen LogP) is 1.53. The number of hydrogen-bond acceptors (Lipinski definition) is 5. The summed E-state index contributed by atoms with van der Waals surface area (Å²) < 4.78 is 31.7. The van der Waals surface area contributed by atoms with Crippen molar-refractivity contribution in [1.29, 1.82) is 0 Å². The maximum atomic E-state index is 11.8. The molecule has 1 aromatic carbocycles. The van der Waals surface area contributed by atoms with Crippen molar-refractivity contribution in [3.05, 3.63) is 47.3 Å². The first-order valence-electron chi connectivity index (χ1n) is 6.97. The first kappa shape index (κ1) is 17.5. The van der Waals surface area contributed by atoms with Gasteiger partial charge < -0.3 is 10.1 Å². The molecule has 0 aliphatic carbocycles. The van der Waals surface area contributed by atoms with Gasteiger partial charge in [-0.25, -0.2) is 13.1 Å². The van der Waals surface area contributed by atoms with Gasteiger partial charge in [0.15, 0.2) is 6.61 Å². The first-order chi connectivity index (χ1) is 11.0. The Morgan fingerprint density at radius 1 is 1.17 bits per heavy atom. The number of ether oxygens (including phenoxy) is 1. The molecule has 0 saturated heterocycles. The normalized spacial score (nSPS) is 11.2. The molecule has 0 radical (unpaired) electrons. The zero-order valence-corrected chi connectivity index (χ0v) is 14.2. The van der Waals surface area contributed by atoms with Crippen molar-refractivity contribution in [2.75, 3.05) is 19.7 Å². The van der Waals surface area contributed by atoms with Crippen LogP contribution in [0.4, 0.5) is 0 Å². The van der Waals surface area contributed by atoms with Crippen LogP contribution in [-0.2, 0) is 14.8 Å². The number of carbonyl (C=O) groups excluding carboxylic acids is 1. The molecule has 0 aliphatic rings. The van der Waals surface area contributed by atoms with Crippen LogP contribution < -0.4 is 14.8 Å². The van der Waals surface area contributed by atoms with Gasteiger partial charge in [-0.3, -0.25) is 4.79 Å². The summed E-state index contributed by atoms with van der Waals surface area (Å²) in [6.45, 7) is 2.17. The lowest BCUT2D eigenvalue weighted by molar-refractivity contribution is -0.123. The van der Waals surface area contributed by atoms with E-state index in [9.17, 15) is 13.2 Å². The molecule has 8 heteroatoms. The topological polar surface area (TPSA) is 84.5 Å². The van der Waals surface area contributed by atoms with Crippen molar-refractivity contribution in [2.24, 2.45) is 0 Å². The maximum absolute atomic E-state index is 11.8. The van der Waals surface area contributed by atoms with Crippen LogP contribution in [0.25, 0.3) is 0 Å². The predicted molar refractivity (Wildman–Crippen MR) is 89.2 cm³/mol. The molecular weight excluding hydrogens is 336 g/mol. The average Bonchev–Trinajstić information content (AvgIpc) is 3.06. The molecule has 1 amide bonds. The lowest BCUT2D eigenvalue weighted by Gasteiger charge is -2.08. The number of hydrogen-bond donors (Lipinski definition) is 2. The zero-order valence-electron chi connectivity index (χ0n) is 12.6. The molecule has 0 saturated carbocycles. The van der Waals surface area contributed by atoms with Gasteiger partial charge >= 0.3 is 0 Å². The number of amides is 1. The summed E-state index contributed by atoms with van der Waals surface area (Å²) in [6.07, 6.45) is 0. The maximum Gasteiger partial charge on any atom is 0.257 e. The quantitative estimate of drug-likeness (QED) is 0.704. The van der Waals surface area contributed by atoms with Gasteiger partial charge in [0.05, 0.1) is 0 Å². The third kappa shape index (κ3) is 5.66. The summed E-state index contributed by atoms with van der Waals surface area (Å²) in [4.78, 5) is 11.6. The van der Waals surface area contributed by atoms with Crippen LogP contribution in [0.5, 0.6) is 5.75 Å². The number of benzene rings is 1. The van der Waals surface area contributed by atoms with Crippen molar-refractivity contribution in [2.45, 2.75) is 11.1 Å². The number of sulfonamides is 1. The molecule has 0 spiro atoms. The second-order valence-electron chi connectivity index (χ2n) is 4.78. The molecule has 0 fully saturated rings. The number of nitrogens with one attached hydrogen (secondary N) is 2. The molecule has 0 aliphatic heterocycles. The Morgan fingerprint density at radius 2 is 1.91 bits per heavy atom. The molecule has 0 unspecified atom stereocenters. The van der Waals surface area contributed by atoms with Gasteiger partial charge in [-0.1, -0.05) is 23.8 Å². The van der Waals surface area contributed by atoms with Crippen LogP contribution in [0.15, 0.2) is 46.0 Å². The number of carbonyl (C=O) groups is 1. The summed E-state index contributed by atoms with van der Waals surface area (Å²) in [5.74, 6) is 0.310. The van der Waals surface area contributed by atoms with Gasteiger partial charge in [0.25, 0.3) is 5.91 Å². The fourth-order valence-corrected chi connectivity index (χ4v) is 3.78. The van der Waals surface area contributed by atoms with Crippen molar-refractivity contribution in [3.63, 3.8) is 0 Å². The molecule has 124 valence electrons. The van der Waals surface area contributed by atoms with E-state index in [1.165, 1.54) is 6.07 Å². The smallest absolute Gasteiger partial charge is 0.257 e. The zero-order chi connectivity index (χ0) is 16.7. The van der Waals surface area contributed by atoms with E-state index in [2.05, 4.69) is 10.0 Å². The third-order valence-electron chi connectivity index (χ3n) is 2.89. The highest BCUT2D eigenvalue weighted by Gasteiger charge is 2.14. The van der Waals surface area contributed by atoms with Crippen LogP contribution in [0.3, 0.4) is 0 Å². The molecule has 0 atom stereocenters. The van der Waals surface area contributed by atoms with Gasteiger partial charge in [-0.2, -0.15) is 0 Å². The Morgan fingerprint density at radius 3 is 2.57 bits per heavy atom. The van der Waals surface area contributed by atoms with Crippen LogP contribution >= 0.6 is 11.3 Å². The van der Waals surface area contributed by atoms with Crippen molar-refractivity contribution in [3.8, 4) is 5.75 Å². The molecule has 2 aromatic rings. The van der Waals surface area contributed by atoms with Crippen LogP contribution in [0, 0.1) is 6.92 Å². The lowest BCUT2D eigenvalue weighted by atomic mass is 10.2. The molecule has 23 heavy (non-hydrogen) atoms. The minimum absolute atomic E-state index is 0.110. The molecule has 2 N–H and O–H groups in total. The summed E-state index contributed by atoms with van der Waals surface area (Å²) in [5, 5.41) is 4.29. The fourth-order valence-electron chi connectivity index (χ4n) is 1.71. The van der Waals surface area contributed by atoms with Gasteiger partial charge in [-0.05, 0) is 30.5 Å². The highest BCUT2D eigenvalue weighted by Crippen LogP contribution is 2.14. The van der Waals surface area contributed by atoms with Gasteiger partial charge in [0, 0.05) is 13.1 Å². The number of rotatable bonds is 8. The fraction of sp³-hybridized carbons (Fsp3) is 0.267. The number of thiophene rings is 1. The van der Waals surface area contributed by atoms with E-state index in [1.807, 2.05) is 19.1 Å². The van der Waals surface area contributed by atoms with E-state index < -0.39 is 10.0 Å². The van der Waals surface area contributed by atoms with E-state index in [0.717, 1.165) is 16.9 Å². The standard InChI is InChI=1S/C15H18N2O4S2/c1-12-4-6-13(7-5-12)21-11-14(18)16-8-9-17-23(19,20)15-3-2-10-22-15/h2-7,10,17H,8-9,11H2,1H3,(H,16,18). The summed E-state index contributed by atoms with van der Waals surface area (Å²) in [5.41, 5.74) is 1.11. The summed E-state index contributed by atoms with van der Waals surface area (Å²) in [7, 11) is -3.49. The van der Waals surface area contributed by atoms with E-state index in [0.29, 0.717) is 5.75 Å². The minimum Gasteiger partial charge on any atom is -0.484 e. The monoisotopic (exact) mass is 354 g/mol. The molecule has 2 rings (SSSR count). The van der Waals surface area contributed by atoms with Gasteiger partial charge in [-0.15, -0.1) is 11.3 Å². The lowest BCUT2D eigenvalue weighted by Crippen LogP contribution is -2.36. The number of aryl methyl sites for hydroxylation is 1. The largest absolute Gasteiger partial charge is 0.484 e. The third-order valence-corrected chi connectivity index (χ3v) is 5.75. The van der Waals surface area contributed by atoms with Crippen LogP contribution in [-0.4, -0.2) is 34.0 Å². The second kappa shape index (κ2) is 8.09. The SMILES string of the molecule is Cc1ccc(OCC(=O)NCCNS(=O)(=O)c2cccs2)cc1. The Kier molecular flexibility index (Phi) is 6.14. The van der Waals surface area contributed by atoms with Crippen molar-refractivity contribution in [1.82, 2.24) is 10.0 Å². The van der Waals surface area contributed by atoms with Gasteiger partial charge in [0.1, 0.15) is 9.96 Å². The van der Waals surface area contributed by atoms with E-state index in [-0.39, 0.29) is 29.8 Å². The molecule has 0 bridgehead atoms. The first-order valence-corrected chi connectivity index (χ1v) is 9.33. The molecule has 6 nitrogen and oxygen atoms in total. The van der Waals surface area contributed by atoms with Crippen LogP contribution in [0.1, 0.15) is 5.56 Å². The molecular formula is C15H18N2O4S2. The van der Waals surface area contributed by atoms with Crippen molar-refractivity contribution >= 4 is 27.3 Å². The highest BCUT2D eigenvalue weighted by molar-refractivity contribution is 7.91. The highest BCUT2D eigenvalue weighted by atomic mass is 32.2. The second-order valence-corrected chi connectivity index (χ2v) is 7.72. The Balaban J connectivity index is 1.66. The molecule has 1 heterocycles. The summed E-state index contributed by atoms with van der Waals surface area (Å²) >= 11 is 1.14. The Bertz CT molecular complexity index is 725.